The van der Waals surface area contributed by atoms with E-state index in [4.69, 9.17) is 4.74 Å². The maximum Gasteiger partial charge on any atom is 0.311 e. The lowest BCUT2D eigenvalue weighted by molar-refractivity contribution is -0.177. The van der Waals surface area contributed by atoms with E-state index >= 15 is 0 Å². The number of cyclic esters (lactones) is 1. The van der Waals surface area contributed by atoms with E-state index in [-0.39, 0.29) is 23.4 Å². The second-order valence-corrected chi connectivity index (χ2v) is 4.88. The minimum absolute atomic E-state index is 0.0865. The molecule has 0 aromatic carbocycles. The van der Waals surface area contributed by atoms with Gasteiger partial charge in [0.1, 0.15) is 6.10 Å². The van der Waals surface area contributed by atoms with Crippen LogP contribution in [0.4, 0.5) is 0 Å². The van der Waals surface area contributed by atoms with E-state index in [1.165, 1.54) is 0 Å². The normalized spacial score (nSPS) is 35.8. The highest BCUT2D eigenvalue weighted by atomic mass is 16.5. The smallest absolute Gasteiger partial charge is 0.311 e. The molecule has 1 aliphatic rings. The number of aliphatic hydroxyl groups excluding tert-OH is 1. The van der Waals surface area contributed by atoms with E-state index in [9.17, 15) is 9.90 Å². The fourth-order valence-electron chi connectivity index (χ4n) is 1.41. The van der Waals surface area contributed by atoms with Crippen LogP contribution in [0.5, 0.6) is 0 Å². The number of carbonyl (C=O) groups excluding carboxylic acids is 1. The Hall–Kier alpha value is -0.570. The van der Waals surface area contributed by atoms with Gasteiger partial charge in [-0.05, 0) is 12.3 Å². The van der Waals surface area contributed by atoms with Gasteiger partial charge in [-0.25, -0.2) is 0 Å². The zero-order valence-electron chi connectivity index (χ0n) is 8.70. The van der Waals surface area contributed by atoms with Crippen LogP contribution < -0.4 is 0 Å². The van der Waals surface area contributed by atoms with Crippen molar-refractivity contribution in [1.29, 1.82) is 0 Å². The molecule has 1 heterocycles. The molecule has 1 fully saturated rings. The summed E-state index contributed by atoms with van der Waals surface area (Å²) in [5, 5.41) is 9.58. The van der Waals surface area contributed by atoms with E-state index < -0.39 is 6.10 Å². The molecule has 3 nitrogen and oxygen atoms in total. The third-order valence-electron chi connectivity index (χ3n) is 2.63. The summed E-state index contributed by atoms with van der Waals surface area (Å²) in [7, 11) is 0. The lowest BCUT2D eigenvalue weighted by Crippen LogP contribution is -2.45. The molecule has 0 saturated carbocycles. The number of rotatable bonds is 0. The van der Waals surface area contributed by atoms with Gasteiger partial charge in [-0.3, -0.25) is 4.79 Å². The summed E-state index contributed by atoms with van der Waals surface area (Å²) in [5.74, 6) is -0.655. The minimum atomic E-state index is -0.550. The van der Waals surface area contributed by atoms with Crippen LogP contribution in [0.2, 0.25) is 0 Å². The molecule has 76 valence electrons. The van der Waals surface area contributed by atoms with Crippen LogP contribution in [0, 0.1) is 11.3 Å². The van der Waals surface area contributed by atoms with E-state index in [1.54, 1.807) is 6.92 Å². The zero-order chi connectivity index (χ0) is 10.2. The van der Waals surface area contributed by atoms with Crippen LogP contribution in [-0.2, 0) is 9.53 Å². The van der Waals surface area contributed by atoms with Gasteiger partial charge in [0, 0.05) is 6.42 Å². The van der Waals surface area contributed by atoms with Crippen molar-refractivity contribution >= 4 is 5.97 Å². The predicted molar refractivity (Wildman–Crippen MR) is 49.1 cm³/mol. The predicted octanol–water partition coefficient (Wildman–Crippen LogP) is 1.34. The van der Waals surface area contributed by atoms with Gasteiger partial charge in [0.05, 0.1) is 12.0 Å². The molecule has 0 amide bonds. The monoisotopic (exact) mass is 186 g/mol. The van der Waals surface area contributed by atoms with Crippen molar-refractivity contribution in [3.05, 3.63) is 0 Å². The quantitative estimate of drug-likeness (QED) is 0.581. The van der Waals surface area contributed by atoms with Gasteiger partial charge in [0.25, 0.3) is 0 Å². The molecule has 1 N–H and O–H groups in total. The number of ether oxygens (including phenoxy) is 1. The van der Waals surface area contributed by atoms with Gasteiger partial charge in [-0.15, -0.1) is 0 Å². The Morgan fingerprint density at radius 3 is 2.38 bits per heavy atom. The molecule has 0 aliphatic carbocycles. The number of esters is 1. The zero-order valence-corrected chi connectivity index (χ0v) is 8.70. The van der Waals surface area contributed by atoms with Crippen molar-refractivity contribution in [2.24, 2.45) is 11.3 Å². The highest BCUT2D eigenvalue weighted by Crippen LogP contribution is 2.32. The summed E-state index contributed by atoms with van der Waals surface area (Å²) in [4.78, 5) is 11.3. The average molecular weight is 186 g/mol. The molecule has 0 unspecified atom stereocenters. The maximum absolute atomic E-state index is 11.3. The van der Waals surface area contributed by atoms with E-state index in [0.717, 1.165) is 0 Å². The molecule has 0 aromatic heterocycles. The van der Waals surface area contributed by atoms with Crippen LogP contribution in [0.1, 0.15) is 34.1 Å². The third kappa shape index (κ3) is 2.21. The first-order valence-electron chi connectivity index (χ1n) is 4.71. The molecule has 3 heteroatoms. The number of hydrogen-bond acceptors (Lipinski definition) is 3. The van der Waals surface area contributed by atoms with E-state index in [2.05, 4.69) is 0 Å². The van der Waals surface area contributed by atoms with Crippen molar-refractivity contribution in [1.82, 2.24) is 0 Å². The molecular weight excluding hydrogens is 168 g/mol. The van der Waals surface area contributed by atoms with Crippen LogP contribution >= 0.6 is 0 Å². The average Bonchev–Trinajstić information content (AvgIpc) is 1.97. The van der Waals surface area contributed by atoms with Gasteiger partial charge in [-0.2, -0.15) is 0 Å². The summed E-state index contributed by atoms with van der Waals surface area (Å²) in [6.07, 6.45) is -0.159. The van der Waals surface area contributed by atoms with Crippen molar-refractivity contribution in [2.75, 3.05) is 0 Å². The molecule has 13 heavy (non-hydrogen) atoms. The lowest BCUT2D eigenvalue weighted by atomic mass is 9.82. The van der Waals surface area contributed by atoms with Gasteiger partial charge >= 0.3 is 5.97 Å². The summed E-state index contributed by atoms with van der Waals surface area (Å²) < 4.78 is 5.23. The molecular formula is C10H18O3. The van der Waals surface area contributed by atoms with Crippen LogP contribution in [0.15, 0.2) is 0 Å². The van der Waals surface area contributed by atoms with Crippen molar-refractivity contribution < 1.29 is 14.6 Å². The lowest BCUT2D eigenvalue weighted by Gasteiger charge is -2.37. The van der Waals surface area contributed by atoms with E-state index in [1.807, 2.05) is 20.8 Å². The Kier molecular flexibility index (Phi) is 2.66. The molecule has 1 rings (SSSR count). The number of aliphatic hydroxyl groups is 1. The Morgan fingerprint density at radius 2 is 2.00 bits per heavy atom. The fraction of sp³-hybridized carbons (Fsp3) is 0.900. The Morgan fingerprint density at radius 1 is 1.46 bits per heavy atom. The summed E-state index contributed by atoms with van der Waals surface area (Å²) in [6.45, 7) is 7.72. The highest BCUT2D eigenvalue weighted by Gasteiger charge is 2.39. The second-order valence-electron chi connectivity index (χ2n) is 4.88. The van der Waals surface area contributed by atoms with Crippen LogP contribution in [0.3, 0.4) is 0 Å². The topological polar surface area (TPSA) is 46.5 Å². The molecule has 0 spiro atoms. The van der Waals surface area contributed by atoms with Gasteiger partial charge in [0.2, 0.25) is 0 Å². The molecule has 1 aliphatic heterocycles. The van der Waals surface area contributed by atoms with Crippen molar-refractivity contribution in [3.8, 4) is 0 Å². The van der Waals surface area contributed by atoms with E-state index in [0.29, 0.717) is 6.42 Å². The standard InChI is InChI=1S/C10H18O3/c1-6-7(11)5-8(10(2,3)4)13-9(6)12/h6-8,11H,5H2,1-4H3/t6-,7-,8+/m1/s1. The first-order chi connectivity index (χ1) is 5.82. The Bertz CT molecular complexity index is 205. The van der Waals surface area contributed by atoms with Gasteiger partial charge in [0.15, 0.2) is 0 Å². The first kappa shape index (κ1) is 10.5. The molecule has 0 radical (unpaired) electrons. The molecule has 0 bridgehead atoms. The summed E-state index contributed by atoms with van der Waals surface area (Å²) in [5.41, 5.74) is -0.0865. The van der Waals surface area contributed by atoms with Crippen LogP contribution in [-0.4, -0.2) is 23.3 Å². The second kappa shape index (κ2) is 3.29. The Labute approximate surface area is 79.1 Å². The van der Waals surface area contributed by atoms with Gasteiger partial charge < -0.3 is 9.84 Å². The molecule has 3 atom stereocenters. The SMILES string of the molecule is C[C@H]1C(=O)O[C@H](C(C)(C)C)C[C@H]1O. The molecule has 0 aromatic rings. The van der Waals surface area contributed by atoms with Crippen LogP contribution in [0.25, 0.3) is 0 Å². The number of carbonyl (C=O) groups is 1. The largest absolute Gasteiger partial charge is 0.461 e. The van der Waals surface area contributed by atoms with Gasteiger partial charge in [-0.1, -0.05) is 20.8 Å². The number of hydrogen-bond donors (Lipinski definition) is 1. The van der Waals surface area contributed by atoms with Crippen molar-refractivity contribution in [2.45, 2.75) is 46.3 Å². The minimum Gasteiger partial charge on any atom is -0.461 e. The fourth-order valence-corrected chi connectivity index (χ4v) is 1.41. The molecule has 1 saturated heterocycles. The maximum atomic E-state index is 11.3. The summed E-state index contributed by atoms with van der Waals surface area (Å²) in [6, 6.07) is 0. The third-order valence-corrected chi connectivity index (χ3v) is 2.63. The first-order valence-corrected chi connectivity index (χ1v) is 4.71. The summed E-state index contributed by atoms with van der Waals surface area (Å²) >= 11 is 0. The van der Waals surface area contributed by atoms with Crippen molar-refractivity contribution in [3.63, 3.8) is 0 Å². The Balaban J connectivity index is 2.69. The highest BCUT2D eigenvalue weighted by molar-refractivity contribution is 5.73.